The summed E-state index contributed by atoms with van der Waals surface area (Å²) in [6.45, 7) is 6.54. The summed E-state index contributed by atoms with van der Waals surface area (Å²) < 4.78 is 2.08. The molecule has 2 aromatic rings. The first-order valence-corrected chi connectivity index (χ1v) is 6.98. The van der Waals surface area contributed by atoms with Crippen molar-refractivity contribution in [3.05, 3.63) is 48.7 Å². The minimum atomic E-state index is 0.404. The number of nitriles is 1. The monoisotopic (exact) mass is 269 g/mol. The Morgan fingerprint density at radius 3 is 2.79 bits per heavy atom. The Balaban J connectivity index is 2.39. The van der Waals surface area contributed by atoms with Gasteiger partial charge in [-0.2, -0.15) is 5.26 Å². The second kappa shape index (κ2) is 6.26. The molecule has 0 atom stereocenters. The van der Waals surface area contributed by atoms with Gasteiger partial charge < -0.3 is 4.57 Å². The van der Waals surface area contributed by atoms with E-state index in [1.54, 1.807) is 0 Å². The van der Waals surface area contributed by atoms with Crippen LogP contribution in [0.4, 0.5) is 0 Å². The van der Waals surface area contributed by atoms with Crippen LogP contribution in [0.1, 0.15) is 5.56 Å². The lowest BCUT2D eigenvalue weighted by Crippen LogP contribution is -2.00. The molecule has 1 aromatic heterocycles. The van der Waals surface area contributed by atoms with Crippen LogP contribution in [0.25, 0.3) is 11.3 Å². The van der Waals surface area contributed by atoms with Crippen molar-refractivity contribution in [2.45, 2.75) is 18.6 Å². The minimum absolute atomic E-state index is 0.404. The molecule has 0 fully saturated rings. The number of nitrogens with zero attached hydrogens (tertiary/aromatic N) is 3. The van der Waals surface area contributed by atoms with Crippen molar-refractivity contribution in [1.29, 1.82) is 5.26 Å². The zero-order valence-corrected chi connectivity index (χ0v) is 11.7. The fraction of sp³-hybridized carbons (Fsp3) is 0.200. The average Bonchev–Trinajstić information content (AvgIpc) is 2.81. The van der Waals surface area contributed by atoms with Crippen LogP contribution in [0.5, 0.6) is 0 Å². The largest absolute Gasteiger partial charge is 0.315 e. The number of benzene rings is 1. The van der Waals surface area contributed by atoms with Gasteiger partial charge in [0, 0.05) is 6.54 Å². The molecule has 19 heavy (non-hydrogen) atoms. The van der Waals surface area contributed by atoms with Crippen LogP contribution in [0, 0.1) is 18.3 Å². The highest BCUT2D eigenvalue weighted by Gasteiger charge is 2.10. The van der Waals surface area contributed by atoms with E-state index in [0.717, 1.165) is 16.4 Å². The van der Waals surface area contributed by atoms with E-state index in [2.05, 4.69) is 53.4 Å². The number of aryl methyl sites for hydroxylation is 1. The van der Waals surface area contributed by atoms with E-state index in [0.29, 0.717) is 12.3 Å². The molecule has 0 aliphatic carbocycles. The molecule has 3 nitrogen and oxygen atoms in total. The molecular formula is C15H15N3S. The van der Waals surface area contributed by atoms with Gasteiger partial charge in [-0.15, -0.1) is 6.58 Å². The van der Waals surface area contributed by atoms with Crippen LogP contribution in [0.3, 0.4) is 0 Å². The van der Waals surface area contributed by atoms with Gasteiger partial charge in [0.05, 0.1) is 23.7 Å². The van der Waals surface area contributed by atoms with Crippen LogP contribution < -0.4 is 0 Å². The van der Waals surface area contributed by atoms with Crippen LogP contribution >= 0.6 is 11.8 Å². The van der Waals surface area contributed by atoms with Crippen molar-refractivity contribution in [2.75, 3.05) is 5.75 Å². The third-order valence-electron chi connectivity index (χ3n) is 2.74. The second-order valence-electron chi connectivity index (χ2n) is 4.14. The SMILES string of the molecule is C=CCn1c(-c2ccc(C)cc2)cnc1SCC#N. The van der Waals surface area contributed by atoms with Crippen molar-refractivity contribution in [1.82, 2.24) is 9.55 Å². The molecule has 0 unspecified atom stereocenters. The van der Waals surface area contributed by atoms with Gasteiger partial charge in [0.15, 0.2) is 5.16 Å². The molecule has 1 aromatic carbocycles. The molecule has 2 rings (SSSR count). The summed E-state index contributed by atoms with van der Waals surface area (Å²) in [5.41, 5.74) is 3.42. The van der Waals surface area contributed by atoms with Gasteiger partial charge in [0.25, 0.3) is 0 Å². The number of hydrogen-bond acceptors (Lipinski definition) is 3. The summed E-state index contributed by atoms with van der Waals surface area (Å²) in [6.07, 6.45) is 3.70. The molecule has 0 saturated heterocycles. The van der Waals surface area contributed by atoms with Gasteiger partial charge in [-0.05, 0) is 12.5 Å². The molecule has 0 spiro atoms. The highest BCUT2D eigenvalue weighted by molar-refractivity contribution is 7.99. The van der Waals surface area contributed by atoms with Crippen LogP contribution in [-0.2, 0) is 6.54 Å². The number of thioether (sulfide) groups is 1. The third-order valence-corrected chi connectivity index (χ3v) is 3.60. The predicted octanol–water partition coefficient (Wildman–Crippen LogP) is 3.66. The van der Waals surface area contributed by atoms with Gasteiger partial charge in [-0.1, -0.05) is 47.7 Å². The molecule has 96 valence electrons. The molecule has 0 aliphatic rings. The van der Waals surface area contributed by atoms with Crippen molar-refractivity contribution < 1.29 is 0 Å². The topological polar surface area (TPSA) is 41.6 Å². The van der Waals surface area contributed by atoms with Crippen molar-refractivity contribution in [2.24, 2.45) is 0 Å². The maximum absolute atomic E-state index is 8.67. The standard InChI is InChI=1S/C15H15N3S/c1-3-9-18-14(11-17-15(18)19-10-8-16)13-6-4-12(2)5-7-13/h3-7,11H,1,9-10H2,2H3. The molecule has 1 heterocycles. The molecule has 4 heteroatoms. The molecule has 0 amide bonds. The van der Waals surface area contributed by atoms with E-state index < -0.39 is 0 Å². The van der Waals surface area contributed by atoms with Crippen molar-refractivity contribution in [3.8, 4) is 17.3 Å². The molecular weight excluding hydrogens is 254 g/mol. The molecule has 0 N–H and O–H groups in total. The van der Waals surface area contributed by atoms with E-state index in [4.69, 9.17) is 5.26 Å². The first kappa shape index (κ1) is 13.4. The second-order valence-corrected chi connectivity index (χ2v) is 5.08. The Hall–Kier alpha value is -1.99. The van der Waals surface area contributed by atoms with Crippen molar-refractivity contribution >= 4 is 11.8 Å². The summed E-state index contributed by atoms with van der Waals surface area (Å²) in [5, 5.41) is 9.53. The Morgan fingerprint density at radius 1 is 1.42 bits per heavy atom. The molecule has 0 bridgehead atoms. The lowest BCUT2D eigenvalue weighted by molar-refractivity contribution is 0.732. The zero-order valence-electron chi connectivity index (χ0n) is 10.8. The smallest absolute Gasteiger partial charge is 0.169 e. The first-order valence-electron chi connectivity index (χ1n) is 5.99. The predicted molar refractivity (Wildman–Crippen MR) is 78.9 cm³/mol. The Bertz CT molecular complexity index is 605. The lowest BCUT2D eigenvalue weighted by atomic mass is 10.1. The maximum atomic E-state index is 8.67. The van der Waals surface area contributed by atoms with Gasteiger partial charge >= 0.3 is 0 Å². The lowest BCUT2D eigenvalue weighted by Gasteiger charge is -2.09. The number of aromatic nitrogens is 2. The Kier molecular flexibility index (Phi) is 4.43. The normalized spacial score (nSPS) is 10.1. The molecule has 0 saturated carbocycles. The number of allylic oxidation sites excluding steroid dienone is 1. The Labute approximate surface area is 117 Å². The molecule has 0 aliphatic heterocycles. The Morgan fingerprint density at radius 2 is 2.16 bits per heavy atom. The molecule has 0 radical (unpaired) electrons. The maximum Gasteiger partial charge on any atom is 0.169 e. The highest BCUT2D eigenvalue weighted by Crippen LogP contribution is 2.26. The first-order chi connectivity index (χ1) is 9.26. The van der Waals surface area contributed by atoms with Gasteiger partial charge in [-0.25, -0.2) is 4.98 Å². The summed E-state index contributed by atoms with van der Waals surface area (Å²) in [6, 6.07) is 10.5. The van der Waals surface area contributed by atoms with E-state index >= 15 is 0 Å². The van der Waals surface area contributed by atoms with E-state index in [9.17, 15) is 0 Å². The van der Waals surface area contributed by atoms with Crippen LogP contribution in [-0.4, -0.2) is 15.3 Å². The van der Waals surface area contributed by atoms with Gasteiger partial charge in [0.1, 0.15) is 0 Å². The average molecular weight is 269 g/mol. The summed E-state index contributed by atoms with van der Waals surface area (Å²) in [7, 11) is 0. The van der Waals surface area contributed by atoms with Gasteiger partial charge in [0.2, 0.25) is 0 Å². The van der Waals surface area contributed by atoms with Crippen LogP contribution in [0.2, 0.25) is 0 Å². The fourth-order valence-electron chi connectivity index (χ4n) is 1.83. The number of imidazole rings is 1. The number of hydrogen-bond donors (Lipinski definition) is 0. The third kappa shape index (κ3) is 3.07. The highest BCUT2D eigenvalue weighted by atomic mass is 32.2. The fourth-order valence-corrected chi connectivity index (χ4v) is 2.48. The van der Waals surface area contributed by atoms with E-state index in [1.165, 1.54) is 17.3 Å². The minimum Gasteiger partial charge on any atom is -0.315 e. The van der Waals surface area contributed by atoms with E-state index in [1.807, 2.05) is 12.3 Å². The quantitative estimate of drug-likeness (QED) is 0.614. The number of rotatable bonds is 5. The van der Waals surface area contributed by atoms with Crippen LogP contribution in [0.15, 0.2) is 48.3 Å². The zero-order chi connectivity index (χ0) is 13.7. The van der Waals surface area contributed by atoms with Crippen molar-refractivity contribution in [3.63, 3.8) is 0 Å². The van der Waals surface area contributed by atoms with E-state index in [-0.39, 0.29) is 0 Å². The summed E-state index contributed by atoms with van der Waals surface area (Å²) in [4.78, 5) is 4.40. The summed E-state index contributed by atoms with van der Waals surface area (Å²) >= 11 is 1.45. The summed E-state index contributed by atoms with van der Waals surface area (Å²) in [5.74, 6) is 0.404. The van der Waals surface area contributed by atoms with Gasteiger partial charge in [-0.3, -0.25) is 0 Å².